The Morgan fingerprint density at radius 3 is 2.38 bits per heavy atom. The zero-order valence-electron chi connectivity index (χ0n) is 17.7. The molecule has 2 aliphatic heterocycles. The Bertz CT molecular complexity index is 1100. The molecule has 0 unspecified atom stereocenters. The molecule has 2 aromatic carbocycles. The quantitative estimate of drug-likeness (QED) is 0.630. The molecule has 8 nitrogen and oxygen atoms in total. The summed E-state index contributed by atoms with van der Waals surface area (Å²) in [5, 5.41) is 14.5. The monoisotopic (exact) mass is 431 g/mol. The average Bonchev–Trinajstić information content (AvgIpc) is 2.85. The number of fused-ring (bicyclic) bond motifs is 1. The van der Waals surface area contributed by atoms with Gasteiger partial charge in [0.15, 0.2) is 17.3 Å². The molecule has 0 spiro atoms. The van der Waals surface area contributed by atoms with E-state index < -0.39 is 0 Å². The number of hydrogen-bond donors (Lipinski definition) is 2. The lowest BCUT2D eigenvalue weighted by Gasteiger charge is -2.27. The number of benzene rings is 2. The number of urea groups is 1. The molecule has 2 N–H and O–H groups in total. The van der Waals surface area contributed by atoms with Crippen LogP contribution in [0.2, 0.25) is 0 Å². The maximum Gasteiger partial charge on any atom is 0.323 e. The first-order valence-corrected chi connectivity index (χ1v) is 10.9. The molecule has 2 amide bonds. The number of piperidine rings is 1. The normalized spacial score (nSPS) is 15.2. The Morgan fingerprint density at radius 2 is 1.59 bits per heavy atom. The van der Waals surface area contributed by atoms with Crippen LogP contribution in [0.3, 0.4) is 0 Å². The third-order valence-electron chi connectivity index (χ3n) is 5.55. The lowest BCUT2D eigenvalue weighted by atomic mass is 10.1. The molecule has 1 aromatic heterocycles. The number of ether oxygens (including phenoxy) is 2. The Labute approximate surface area is 186 Å². The number of aromatic nitrogens is 2. The van der Waals surface area contributed by atoms with Crippen molar-refractivity contribution in [2.24, 2.45) is 0 Å². The number of nitrogens with one attached hydrogen (secondary N) is 2. The van der Waals surface area contributed by atoms with Crippen LogP contribution < -0.4 is 25.0 Å². The summed E-state index contributed by atoms with van der Waals surface area (Å²) >= 11 is 0. The summed E-state index contributed by atoms with van der Waals surface area (Å²) in [5.74, 6) is 2.23. The lowest BCUT2D eigenvalue weighted by molar-refractivity contribution is 0.171. The van der Waals surface area contributed by atoms with E-state index in [0.717, 1.165) is 30.2 Å². The Hall–Kier alpha value is -3.81. The Morgan fingerprint density at radius 1 is 0.812 bits per heavy atom. The van der Waals surface area contributed by atoms with Crippen LogP contribution in [0, 0.1) is 0 Å². The number of carbonyl (C=O) groups is 1. The molecule has 1 fully saturated rings. The second-order valence-corrected chi connectivity index (χ2v) is 7.84. The maximum absolute atomic E-state index is 12.5. The summed E-state index contributed by atoms with van der Waals surface area (Å²) in [4.78, 5) is 14.8. The van der Waals surface area contributed by atoms with Gasteiger partial charge in [-0.25, -0.2) is 4.79 Å². The van der Waals surface area contributed by atoms with E-state index in [4.69, 9.17) is 9.47 Å². The SMILES string of the molecule is O=C(Nc1cccc(-c2ccc(N3CCCCC3)nn2)c1)Nc1ccc2c(c1)OCCO2. The third kappa shape index (κ3) is 4.59. The van der Waals surface area contributed by atoms with Gasteiger partial charge in [0.25, 0.3) is 0 Å². The van der Waals surface area contributed by atoms with Gasteiger partial charge < -0.3 is 25.0 Å². The molecule has 0 saturated carbocycles. The summed E-state index contributed by atoms with van der Waals surface area (Å²) in [6, 6.07) is 16.5. The minimum Gasteiger partial charge on any atom is -0.486 e. The van der Waals surface area contributed by atoms with E-state index in [2.05, 4.69) is 25.7 Å². The van der Waals surface area contributed by atoms with Crippen LogP contribution in [0.25, 0.3) is 11.3 Å². The van der Waals surface area contributed by atoms with Crippen molar-refractivity contribution in [3.63, 3.8) is 0 Å². The van der Waals surface area contributed by atoms with E-state index in [0.29, 0.717) is 36.1 Å². The number of carbonyl (C=O) groups excluding carboxylic acids is 1. The van der Waals surface area contributed by atoms with Gasteiger partial charge >= 0.3 is 6.03 Å². The number of anilines is 3. The number of hydrogen-bond acceptors (Lipinski definition) is 6. The first-order chi connectivity index (χ1) is 15.7. The topological polar surface area (TPSA) is 88.6 Å². The standard InChI is InChI=1S/C24H25N5O3/c30-24(26-19-7-9-21-22(16-19)32-14-13-31-21)25-18-6-4-5-17(15-18)20-8-10-23(28-27-20)29-11-2-1-3-12-29/h4-10,15-16H,1-3,11-14H2,(H2,25,26,30). The molecular formula is C24H25N5O3. The van der Waals surface area contributed by atoms with Gasteiger partial charge in [-0.05, 0) is 55.7 Å². The van der Waals surface area contributed by atoms with E-state index in [1.165, 1.54) is 19.3 Å². The highest BCUT2D eigenvalue weighted by atomic mass is 16.6. The molecule has 2 aliphatic rings. The summed E-state index contributed by atoms with van der Waals surface area (Å²) in [5.41, 5.74) is 2.95. The van der Waals surface area contributed by atoms with Crippen molar-refractivity contribution in [1.82, 2.24) is 10.2 Å². The van der Waals surface area contributed by atoms with Crippen molar-refractivity contribution in [3.8, 4) is 22.8 Å². The minimum atomic E-state index is -0.342. The predicted octanol–water partition coefficient (Wildman–Crippen LogP) is 4.55. The van der Waals surface area contributed by atoms with Gasteiger partial charge in [0.05, 0.1) is 5.69 Å². The van der Waals surface area contributed by atoms with Crippen molar-refractivity contribution >= 4 is 23.2 Å². The Balaban J connectivity index is 1.24. The number of rotatable bonds is 4. The molecule has 3 aromatic rings. The van der Waals surface area contributed by atoms with Gasteiger partial charge in [-0.2, -0.15) is 0 Å². The number of nitrogens with zero attached hydrogens (tertiary/aromatic N) is 3. The molecule has 0 aliphatic carbocycles. The smallest absolute Gasteiger partial charge is 0.323 e. The van der Waals surface area contributed by atoms with Crippen molar-refractivity contribution < 1.29 is 14.3 Å². The zero-order valence-corrected chi connectivity index (χ0v) is 17.7. The largest absolute Gasteiger partial charge is 0.486 e. The molecule has 5 rings (SSSR count). The fraction of sp³-hybridized carbons (Fsp3) is 0.292. The van der Waals surface area contributed by atoms with E-state index in [9.17, 15) is 4.79 Å². The molecule has 0 atom stereocenters. The van der Waals surface area contributed by atoms with Crippen LogP contribution in [0.15, 0.2) is 54.6 Å². The van der Waals surface area contributed by atoms with Gasteiger partial charge in [-0.15, -0.1) is 10.2 Å². The van der Waals surface area contributed by atoms with Crippen LogP contribution in [0.4, 0.5) is 22.0 Å². The highest BCUT2D eigenvalue weighted by molar-refractivity contribution is 6.00. The van der Waals surface area contributed by atoms with Crippen molar-refractivity contribution in [3.05, 3.63) is 54.6 Å². The zero-order chi connectivity index (χ0) is 21.8. The van der Waals surface area contributed by atoms with Crippen LogP contribution >= 0.6 is 0 Å². The molecule has 0 bridgehead atoms. The van der Waals surface area contributed by atoms with Gasteiger partial charge in [-0.3, -0.25) is 0 Å². The third-order valence-corrected chi connectivity index (χ3v) is 5.55. The minimum absolute atomic E-state index is 0.342. The second kappa shape index (κ2) is 9.13. The van der Waals surface area contributed by atoms with Crippen molar-refractivity contribution in [2.45, 2.75) is 19.3 Å². The van der Waals surface area contributed by atoms with Gasteiger partial charge in [0.1, 0.15) is 13.2 Å². The molecule has 0 radical (unpaired) electrons. The van der Waals surface area contributed by atoms with Crippen LogP contribution in [0.1, 0.15) is 19.3 Å². The van der Waals surface area contributed by atoms with Crippen LogP contribution in [-0.2, 0) is 0 Å². The van der Waals surface area contributed by atoms with Crippen LogP contribution in [0.5, 0.6) is 11.5 Å². The Kier molecular flexibility index (Phi) is 5.74. The van der Waals surface area contributed by atoms with Crippen molar-refractivity contribution in [1.29, 1.82) is 0 Å². The van der Waals surface area contributed by atoms with E-state index >= 15 is 0 Å². The summed E-state index contributed by atoms with van der Waals surface area (Å²) in [6.45, 7) is 3.09. The molecule has 1 saturated heterocycles. The van der Waals surface area contributed by atoms with Gasteiger partial charge in [0, 0.05) is 36.1 Å². The summed E-state index contributed by atoms with van der Waals surface area (Å²) in [7, 11) is 0. The van der Waals surface area contributed by atoms with E-state index in [1.807, 2.05) is 36.4 Å². The molecular weight excluding hydrogens is 406 g/mol. The molecule has 164 valence electrons. The van der Waals surface area contributed by atoms with Gasteiger partial charge in [0.2, 0.25) is 0 Å². The first-order valence-electron chi connectivity index (χ1n) is 10.9. The first kappa shape index (κ1) is 20.1. The summed E-state index contributed by atoms with van der Waals surface area (Å²) in [6.07, 6.45) is 3.68. The number of amides is 2. The molecule has 8 heteroatoms. The van der Waals surface area contributed by atoms with Gasteiger partial charge in [-0.1, -0.05) is 12.1 Å². The van der Waals surface area contributed by atoms with E-state index in [-0.39, 0.29) is 6.03 Å². The van der Waals surface area contributed by atoms with Crippen molar-refractivity contribution in [2.75, 3.05) is 41.8 Å². The summed E-state index contributed by atoms with van der Waals surface area (Å²) < 4.78 is 11.1. The lowest BCUT2D eigenvalue weighted by Crippen LogP contribution is -2.30. The molecule has 3 heterocycles. The average molecular weight is 431 g/mol. The fourth-order valence-corrected chi connectivity index (χ4v) is 3.94. The highest BCUT2D eigenvalue weighted by Gasteiger charge is 2.14. The van der Waals surface area contributed by atoms with Crippen LogP contribution in [-0.4, -0.2) is 42.5 Å². The van der Waals surface area contributed by atoms with E-state index in [1.54, 1.807) is 18.2 Å². The second-order valence-electron chi connectivity index (χ2n) is 7.84. The highest BCUT2D eigenvalue weighted by Crippen LogP contribution is 2.32. The maximum atomic E-state index is 12.5. The molecule has 32 heavy (non-hydrogen) atoms. The fourth-order valence-electron chi connectivity index (χ4n) is 3.94. The predicted molar refractivity (Wildman–Crippen MR) is 124 cm³/mol.